The summed E-state index contributed by atoms with van der Waals surface area (Å²) in [6.45, 7) is -0.333. The van der Waals surface area contributed by atoms with E-state index in [1.807, 2.05) is 12.1 Å². The molecule has 0 saturated heterocycles. The molecule has 0 radical (unpaired) electrons. The van der Waals surface area contributed by atoms with E-state index in [0.29, 0.717) is 5.56 Å². The molecule has 13 heavy (non-hydrogen) atoms. The average Bonchev–Trinajstić information content (AvgIpc) is 2.15. The summed E-state index contributed by atoms with van der Waals surface area (Å²) in [6, 6.07) is 10.7. The first kappa shape index (κ1) is 9.20. The summed E-state index contributed by atoms with van der Waals surface area (Å²) >= 11 is 0. The number of rotatable bonds is 3. The zero-order valence-corrected chi connectivity index (χ0v) is 6.88. The van der Waals surface area contributed by atoms with Gasteiger partial charge >= 0.3 is 0 Å². The molecule has 0 aliphatic heterocycles. The summed E-state index contributed by atoms with van der Waals surface area (Å²) in [7, 11) is 0. The molecule has 0 amide bonds. The molecule has 66 valence electrons. The number of nitrogens with zero attached hydrogens (tertiary/aromatic N) is 2. The molecule has 0 spiro atoms. The second-order valence-electron chi connectivity index (χ2n) is 2.61. The molecule has 1 aromatic rings. The fourth-order valence-electron chi connectivity index (χ4n) is 1.06. The molecule has 0 saturated carbocycles. The largest absolute Gasteiger partial charge is 0.264 e. The van der Waals surface area contributed by atoms with Crippen LogP contribution in [0.4, 0.5) is 0 Å². The van der Waals surface area contributed by atoms with Crippen molar-refractivity contribution in [3.63, 3.8) is 0 Å². The van der Waals surface area contributed by atoms with Crippen LogP contribution in [0.1, 0.15) is 11.5 Å². The summed E-state index contributed by atoms with van der Waals surface area (Å²) in [5.74, 6) is -0.642. The summed E-state index contributed by atoms with van der Waals surface area (Å²) in [4.78, 5) is 9.73. The summed E-state index contributed by atoms with van der Waals surface area (Å²) < 4.78 is 0. The van der Waals surface area contributed by atoms with Crippen LogP contribution in [-0.2, 0) is 0 Å². The van der Waals surface area contributed by atoms with Crippen molar-refractivity contribution in [1.82, 2.24) is 0 Å². The van der Waals surface area contributed by atoms with E-state index in [1.165, 1.54) is 0 Å². The van der Waals surface area contributed by atoms with Crippen LogP contribution in [0.15, 0.2) is 30.3 Å². The Bertz CT molecular complexity index is 329. The van der Waals surface area contributed by atoms with E-state index in [0.717, 1.165) is 0 Å². The van der Waals surface area contributed by atoms with Gasteiger partial charge in [0.15, 0.2) is 0 Å². The Balaban J connectivity index is 2.80. The summed E-state index contributed by atoms with van der Waals surface area (Å²) in [5.41, 5.74) is 0.696. The lowest BCUT2D eigenvalue weighted by atomic mass is 10.0. The van der Waals surface area contributed by atoms with Gasteiger partial charge in [0.2, 0.25) is 6.54 Å². The topological polar surface area (TPSA) is 66.9 Å². The quantitative estimate of drug-likeness (QED) is 0.518. The lowest BCUT2D eigenvalue weighted by Crippen LogP contribution is -2.10. The number of hydrogen-bond donors (Lipinski definition) is 0. The van der Waals surface area contributed by atoms with Gasteiger partial charge in [-0.25, -0.2) is 0 Å². The molecule has 4 nitrogen and oxygen atoms in total. The molecule has 1 atom stereocenters. The van der Waals surface area contributed by atoms with Crippen molar-refractivity contribution >= 4 is 0 Å². The molecule has 0 N–H and O–H groups in total. The van der Waals surface area contributed by atoms with Crippen molar-refractivity contribution in [2.75, 3.05) is 6.54 Å². The molecule has 1 unspecified atom stereocenters. The smallest absolute Gasteiger partial charge is 0.223 e. The fraction of sp³-hybridized carbons (Fsp3) is 0.222. The minimum Gasteiger partial charge on any atom is -0.264 e. The third-order valence-corrected chi connectivity index (χ3v) is 1.69. The van der Waals surface area contributed by atoms with Crippen LogP contribution in [0.3, 0.4) is 0 Å². The molecule has 0 heterocycles. The first-order chi connectivity index (χ1) is 6.24. The normalized spacial score (nSPS) is 11.6. The predicted molar refractivity (Wildman–Crippen MR) is 46.7 cm³/mol. The van der Waals surface area contributed by atoms with E-state index in [9.17, 15) is 10.1 Å². The minimum absolute atomic E-state index is 0.333. The van der Waals surface area contributed by atoms with Gasteiger partial charge < -0.3 is 0 Å². The predicted octanol–water partition coefficient (Wildman–Crippen LogP) is 1.57. The van der Waals surface area contributed by atoms with Crippen molar-refractivity contribution in [3.8, 4) is 6.07 Å². The Morgan fingerprint density at radius 1 is 1.46 bits per heavy atom. The first-order valence-electron chi connectivity index (χ1n) is 3.80. The number of nitro groups is 1. The van der Waals surface area contributed by atoms with Gasteiger partial charge in [0.05, 0.1) is 6.07 Å². The van der Waals surface area contributed by atoms with Crippen LogP contribution in [0.2, 0.25) is 0 Å². The van der Waals surface area contributed by atoms with E-state index >= 15 is 0 Å². The van der Waals surface area contributed by atoms with Gasteiger partial charge in [-0.1, -0.05) is 30.3 Å². The molecule has 0 bridgehead atoms. The first-order valence-corrected chi connectivity index (χ1v) is 3.80. The van der Waals surface area contributed by atoms with Crippen molar-refractivity contribution in [1.29, 1.82) is 5.26 Å². The average molecular weight is 176 g/mol. The van der Waals surface area contributed by atoms with Crippen LogP contribution in [-0.4, -0.2) is 11.5 Å². The zero-order valence-electron chi connectivity index (χ0n) is 6.88. The van der Waals surface area contributed by atoms with Gasteiger partial charge in [-0.15, -0.1) is 0 Å². The van der Waals surface area contributed by atoms with Gasteiger partial charge in [0.1, 0.15) is 5.92 Å². The highest BCUT2D eigenvalue weighted by molar-refractivity contribution is 5.24. The summed E-state index contributed by atoms with van der Waals surface area (Å²) in [6.07, 6.45) is 0. The monoisotopic (exact) mass is 176 g/mol. The number of nitriles is 1. The van der Waals surface area contributed by atoms with Crippen LogP contribution >= 0.6 is 0 Å². The van der Waals surface area contributed by atoms with Crippen molar-refractivity contribution in [2.45, 2.75) is 5.92 Å². The van der Waals surface area contributed by atoms with Crippen LogP contribution < -0.4 is 0 Å². The fourth-order valence-corrected chi connectivity index (χ4v) is 1.06. The highest BCUT2D eigenvalue weighted by atomic mass is 16.6. The van der Waals surface area contributed by atoms with Gasteiger partial charge in [-0.3, -0.25) is 10.1 Å². The third kappa shape index (κ3) is 2.56. The molecule has 1 aromatic carbocycles. The number of hydrogen-bond acceptors (Lipinski definition) is 3. The molecule has 0 fully saturated rings. The molecule has 1 rings (SSSR count). The minimum atomic E-state index is -0.642. The van der Waals surface area contributed by atoms with E-state index in [4.69, 9.17) is 5.26 Å². The lowest BCUT2D eigenvalue weighted by molar-refractivity contribution is -0.481. The van der Waals surface area contributed by atoms with Gasteiger partial charge in [-0.05, 0) is 5.56 Å². The maximum Gasteiger partial charge on any atom is 0.223 e. The third-order valence-electron chi connectivity index (χ3n) is 1.69. The van der Waals surface area contributed by atoms with Gasteiger partial charge in [0.25, 0.3) is 0 Å². The molecule has 4 heteroatoms. The van der Waals surface area contributed by atoms with Crippen molar-refractivity contribution < 1.29 is 4.92 Å². The second kappa shape index (κ2) is 4.21. The van der Waals surface area contributed by atoms with Gasteiger partial charge in [0, 0.05) is 4.92 Å². The lowest BCUT2D eigenvalue weighted by Gasteiger charge is -2.02. The van der Waals surface area contributed by atoms with Crippen LogP contribution in [0.5, 0.6) is 0 Å². The summed E-state index contributed by atoms with van der Waals surface area (Å²) in [5, 5.41) is 18.9. The van der Waals surface area contributed by atoms with Crippen molar-refractivity contribution in [2.24, 2.45) is 0 Å². The molecule has 0 aromatic heterocycles. The van der Waals surface area contributed by atoms with Crippen LogP contribution in [0, 0.1) is 21.4 Å². The number of benzene rings is 1. The highest BCUT2D eigenvalue weighted by Crippen LogP contribution is 2.13. The van der Waals surface area contributed by atoms with Crippen LogP contribution in [0.25, 0.3) is 0 Å². The van der Waals surface area contributed by atoms with E-state index in [-0.39, 0.29) is 6.54 Å². The Hall–Kier alpha value is -1.89. The maximum atomic E-state index is 10.2. The van der Waals surface area contributed by atoms with E-state index in [2.05, 4.69) is 0 Å². The standard InChI is InChI=1S/C9H8N2O2/c10-6-9(7-11(12)13)8-4-2-1-3-5-8/h1-5,9H,7H2. The maximum absolute atomic E-state index is 10.2. The highest BCUT2D eigenvalue weighted by Gasteiger charge is 2.15. The van der Waals surface area contributed by atoms with E-state index < -0.39 is 10.8 Å². The second-order valence-corrected chi connectivity index (χ2v) is 2.61. The van der Waals surface area contributed by atoms with Gasteiger partial charge in [-0.2, -0.15) is 5.26 Å². The zero-order chi connectivity index (χ0) is 9.68. The SMILES string of the molecule is N#CC(C[N+](=O)[O-])c1ccccc1. The Labute approximate surface area is 75.6 Å². The molecule has 0 aliphatic carbocycles. The Kier molecular flexibility index (Phi) is 2.98. The molecular formula is C9H8N2O2. The van der Waals surface area contributed by atoms with E-state index in [1.54, 1.807) is 24.3 Å². The van der Waals surface area contributed by atoms with Crippen molar-refractivity contribution in [3.05, 3.63) is 46.0 Å². The Morgan fingerprint density at radius 3 is 2.54 bits per heavy atom. The Morgan fingerprint density at radius 2 is 2.08 bits per heavy atom. The molecule has 0 aliphatic rings. The molecular weight excluding hydrogens is 168 g/mol.